The Bertz CT molecular complexity index is 667. The van der Waals surface area contributed by atoms with Gasteiger partial charge in [-0.2, -0.15) is 4.98 Å². The van der Waals surface area contributed by atoms with Crippen molar-refractivity contribution < 1.29 is 14.1 Å². The summed E-state index contributed by atoms with van der Waals surface area (Å²) >= 11 is 0. The summed E-state index contributed by atoms with van der Waals surface area (Å²) in [6.45, 7) is 6.04. The summed E-state index contributed by atoms with van der Waals surface area (Å²) in [6.07, 6.45) is 4.47. The van der Waals surface area contributed by atoms with Gasteiger partial charge in [0, 0.05) is 43.9 Å². The molecule has 0 bridgehead atoms. The highest BCUT2D eigenvalue weighted by atomic mass is 16.5. The Kier molecular flexibility index (Phi) is 4.25. The fraction of sp³-hybridized carbons (Fsp3) is 0.778. The molecule has 1 aromatic rings. The Morgan fingerprint density at radius 3 is 2.72 bits per heavy atom. The number of nitrogens with zero attached hydrogens (tertiary/aromatic N) is 4. The Morgan fingerprint density at radius 2 is 2.04 bits per heavy atom. The quantitative estimate of drug-likeness (QED) is 0.832. The molecule has 2 aliphatic heterocycles. The molecule has 2 saturated heterocycles. The molecule has 0 N–H and O–H groups in total. The molecule has 2 unspecified atom stereocenters. The molecule has 7 heteroatoms. The van der Waals surface area contributed by atoms with Crippen molar-refractivity contribution in [3.05, 3.63) is 11.7 Å². The van der Waals surface area contributed by atoms with E-state index >= 15 is 0 Å². The smallest absolute Gasteiger partial charge is 0.229 e. The first-order valence-electron chi connectivity index (χ1n) is 9.44. The van der Waals surface area contributed by atoms with E-state index in [1.165, 1.54) is 0 Å². The van der Waals surface area contributed by atoms with Gasteiger partial charge in [-0.25, -0.2) is 0 Å². The van der Waals surface area contributed by atoms with Crippen LogP contribution in [0.5, 0.6) is 0 Å². The van der Waals surface area contributed by atoms with E-state index in [1.807, 2.05) is 23.6 Å². The molecule has 1 aliphatic carbocycles. The van der Waals surface area contributed by atoms with E-state index < -0.39 is 0 Å². The normalized spacial score (nSPS) is 27.4. The van der Waals surface area contributed by atoms with Gasteiger partial charge in [-0.15, -0.1) is 0 Å². The number of carbonyl (C=O) groups is 2. The molecule has 25 heavy (non-hydrogen) atoms. The maximum Gasteiger partial charge on any atom is 0.229 e. The van der Waals surface area contributed by atoms with E-state index in [2.05, 4.69) is 10.1 Å². The summed E-state index contributed by atoms with van der Waals surface area (Å²) in [7, 11) is 0. The predicted molar refractivity (Wildman–Crippen MR) is 89.8 cm³/mol. The van der Waals surface area contributed by atoms with Gasteiger partial charge in [-0.05, 0) is 25.7 Å². The molecular formula is C18H26N4O3. The molecule has 1 aromatic heterocycles. The average molecular weight is 346 g/mol. The lowest BCUT2D eigenvalue weighted by Crippen LogP contribution is -2.43. The Morgan fingerprint density at radius 1 is 1.24 bits per heavy atom. The minimum atomic E-state index is -0.177. The van der Waals surface area contributed by atoms with Gasteiger partial charge in [0.1, 0.15) is 0 Å². The van der Waals surface area contributed by atoms with Gasteiger partial charge in [0.05, 0.1) is 5.92 Å². The molecule has 0 aromatic carbocycles. The maximum atomic E-state index is 12.9. The van der Waals surface area contributed by atoms with E-state index in [1.54, 1.807) is 0 Å². The molecule has 0 radical (unpaired) electrons. The van der Waals surface area contributed by atoms with Gasteiger partial charge in [-0.1, -0.05) is 19.0 Å². The van der Waals surface area contributed by atoms with Crippen LogP contribution in [0.4, 0.5) is 0 Å². The Balaban J connectivity index is 1.40. The Labute approximate surface area is 147 Å². The van der Waals surface area contributed by atoms with Crippen LogP contribution in [0.25, 0.3) is 0 Å². The number of piperidine rings is 1. The number of amides is 2. The summed E-state index contributed by atoms with van der Waals surface area (Å²) < 4.78 is 5.32. The largest absolute Gasteiger partial charge is 0.342 e. The zero-order valence-corrected chi connectivity index (χ0v) is 15.0. The standard InChI is InChI=1S/C18H26N4O3/c1-11(2)17-19-16(20-25-17)12-4-3-7-21(9-12)18(24)13-8-15(23)22(10-13)14-5-6-14/h11-14H,3-10H2,1-2H3. The molecule has 3 aliphatic rings. The molecular weight excluding hydrogens is 320 g/mol. The minimum absolute atomic E-state index is 0.119. The summed E-state index contributed by atoms with van der Waals surface area (Å²) in [5.41, 5.74) is 0. The molecule has 4 rings (SSSR count). The SMILES string of the molecule is CC(C)c1nc(C2CCCN(C(=O)C3CC(=O)N(C4CC4)C3)C2)no1. The third-order valence-corrected chi connectivity index (χ3v) is 5.54. The van der Waals surface area contributed by atoms with Crippen molar-refractivity contribution in [2.24, 2.45) is 5.92 Å². The van der Waals surface area contributed by atoms with Gasteiger partial charge in [-0.3, -0.25) is 9.59 Å². The van der Waals surface area contributed by atoms with E-state index in [0.717, 1.165) is 32.2 Å². The van der Waals surface area contributed by atoms with Crippen LogP contribution in [0.3, 0.4) is 0 Å². The lowest BCUT2D eigenvalue weighted by molar-refractivity contribution is -0.137. The molecule has 136 valence electrons. The van der Waals surface area contributed by atoms with Crippen molar-refractivity contribution in [2.45, 2.75) is 63.8 Å². The van der Waals surface area contributed by atoms with Crippen molar-refractivity contribution in [3.63, 3.8) is 0 Å². The first kappa shape index (κ1) is 16.5. The van der Waals surface area contributed by atoms with E-state index in [9.17, 15) is 9.59 Å². The van der Waals surface area contributed by atoms with Crippen LogP contribution in [0.1, 0.15) is 69.5 Å². The minimum Gasteiger partial charge on any atom is -0.342 e. The van der Waals surface area contributed by atoms with Crippen LogP contribution in [0.2, 0.25) is 0 Å². The van der Waals surface area contributed by atoms with Crippen molar-refractivity contribution in [2.75, 3.05) is 19.6 Å². The molecule has 3 fully saturated rings. The highest BCUT2D eigenvalue weighted by Crippen LogP contribution is 2.34. The zero-order chi connectivity index (χ0) is 17.6. The monoisotopic (exact) mass is 346 g/mol. The third-order valence-electron chi connectivity index (χ3n) is 5.54. The van der Waals surface area contributed by atoms with Crippen LogP contribution in [-0.4, -0.2) is 57.4 Å². The van der Waals surface area contributed by atoms with E-state index in [-0.39, 0.29) is 29.6 Å². The number of carbonyl (C=O) groups excluding carboxylic acids is 2. The summed E-state index contributed by atoms with van der Waals surface area (Å²) in [5.74, 6) is 1.79. The second-order valence-electron chi connectivity index (χ2n) is 7.95. The van der Waals surface area contributed by atoms with Crippen LogP contribution in [-0.2, 0) is 9.59 Å². The van der Waals surface area contributed by atoms with Gasteiger partial charge >= 0.3 is 0 Å². The number of rotatable bonds is 4. The van der Waals surface area contributed by atoms with Crippen molar-refractivity contribution in [1.82, 2.24) is 19.9 Å². The number of hydrogen-bond donors (Lipinski definition) is 0. The van der Waals surface area contributed by atoms with Crippen molar-refractivity contribution >= 4 is 11.8 Å². The van der Waals surface area contributed by atoms with Crippen LogP contribution in [0, 0.1) is 5.92 Å². The molecule has 7 nitrogen and oxygen atoms in total. The zero-order valence-electron chi connectivity index (χ0n) is 15.0. The lowest BCUT2D eigenvalue weighted by atomic mass is 9.95. The fourth-order valence-corrected chi connectivity index (χ4v) is 3.93. The highest BCUT2D eigenvalue weighted by molar-refractivity contribution is 5.89. The van der Waals surface area contributed by atoms with Crippen LogP contribution < -0.4 is 0 Å². The lowest BCUT2D eigenvalue weighted by Gasteiger charge is -2.33. The third kappa shape index (κ3) is 3.28. The second kappa shape index (κ2) is 6.42. The first-order chi connectivity index (χ1) is 12.0. The van der Waals surface area contributed by atoms with Crippen molar-refractivity contribution in [3.8, 4) is 0 Å². The molecule has 1 saturated carbocycles. The molecule has 3 heterocycles. The average Bonchev–Trinajstić information content (AvgIpc) is 3.18. The first-order valence-corrected chi connectivity index (χ1v) is 9.44. The van der Waals surface area contributed by atoms with Crippen LogP contribution in [0.15, 0.2) is 4.52 Å². The summed E-state index contributed by atoms with van der Waals surface area (Å²) in [5, 5.41) is 4.12. The van der Waals surface area contributed by atoms with Gasteiger partial charge < -0.3 is 14.3 Å². The summed E-state index contributed by atoms with van der Waals surface area (Å²) in [6, 6.07) is 0.396. The van der Waals surface area contributed by atoms with E-state index in [0.29, 0.717) is 37.3 Å². The summed E-state index contributed by atoms with van der Waals surface area (Å²) in [4.78, 5) is 33.4. The van der Waals surface area contributed by atoms with Gasteiger partial charge in [0.2, 0.25) is 17.7 Å². The number of likely N-dealkylation sites (tertiary alicyclic amines) is 2. The fourth-order valence-electron chi connectivity index (χ4n) is 3.93. The topological polar surface area (TPSA) is 79.5 Å². The van der Waals surface area contributed by atoms with Crippen LogP contribution >= 0.6 is 0 Å². The molecule has 2 amide bonds. The van der Waals surface area contributed by atoms with E-state index in [4.69, 9.17) is 4.52 Å². The van der Waals surface area contributed by atoms with Gasteiger partial charge in [0.15, 0.2) is 5.82 Å². The second-order valence-corrected chi connectivity index (χ2v) is 7.95. The predicted octanol–water partition coefficient (Wildman–Crippen LogP) is 1.91. The number of aromatic nitrogens is 2. The maximum absolute atomic E-state index is 12.9. The highest BCUT2D eigenvalue weighted by Gasteiger charge is 2.43. The van der Waals surface area contributed by atoms with Crippen molar-refractivity contribution in [1.29, 1.82) is 0 Å². The van der Waals surface area contributed by atoms with Gasteiger partial charge in [0.25, 0.3) is 0 Å². The Hall–Kier alpha value is -1.92. The molecule has 2 atom stereocenters. The number of hydrogen-bond acceptors (Lipinski definition) is 5. The molecule has 0 spiro atoms.